The molecule has 0 saturated heterocycles. The van der Waals surface area contributed by atoms with Crippen molar-refractivity contribution in [2.45, 2.75) is 20.8 Å². The SMILES string of the molecule is C=CC.CC=N/C=C\C. The van der Waals surface area contributed by atoms with Gasteiger partial charge < -0.3 is 0 Å². The molecule has 52 valence electrons. The molecule has 0 amide bonds. The number of hydrogen-bond acceptors (Lipinski definition) is 1. The fourth-order valence-corrected chi connectivity index (χ4v) is 0.172. The van der Waals surface area contributed by atoms with Crippen LogP contribution >= 0.6 is 0 Å². The lowest BCUT2D eigenvalue weighted by Crippen LogP contribution is -1.49. The van der Waals surface area contributed by atoms with E-state index in [9.17, 15) is 0 Å². The fraction of sp³-hybridized carbons (Fsp3) is 0.375. The van der Waals surface area contributed by atoms with Crippen LogP contribution in [0.1, 0.15) is 20.8 Å². The van der Waals surface area contributed by atoms with Gasteiger partial charge in [-0.15, -0.1) is 6.58 Å². The quantitative estimate of drug-likeness (QED) is 0.377. The van der Waals surface area contributed by atoms with Gasteiger partial charge in [-0.3, -0.25) is 4.99 Å². The van der Waals surface area contributed by atoms with Gasteiger partial charge in [0, 0.05) is 12.4 Å². The number of rotatable bonds is 1. The second kappa shape index (κ2) is 15.7. The molecule has 0 heterocycles. The predicted octanol–water partition coefficient (Wildman–Crippen LogP) is 2.80. The van der Waals surface area contributed by atoms with Crippen LogP contribution in [0, 0.1) is 0 Å². The summed E-state index contributed by atoms with van der Waals surface area (Å²) in [5.74, 6) is 0. The Balaban J connectivity index is 0. The summed E-state index contributed by atoms with van der Waals surface area (Å²) in [5.41, 5.74) is 0. The van der Waals surface area contributed by atoms with Crippen LogP contribution in [0.3, 0.4) is 0 Å². The van der Waals surface area contributed by atoms with Gasteiger partial charge in [-0.2, -0.15) is 0 Å². The van der Waals surface area contributed by atoms with Crippen molar-refractivity contribution < 1.29 is 0 Å². The molecule has 0 bridgehead atoms. The molecule has 0 aromatic heterocycles. The zero-order valence-electron chi connectivity index (χ0n) is 6.46. The summed E-state index contributed by atoms with van der Waals surface area (Å²) in [6.07, 6.45) is 7.14. The van der Waals surface area contributed by atoms with E-state index in [1.807, 2.05) is 26.8 Å². The normalized spacial score (nSPS) is 9.22. The van der Waals surface area contributed by atoms with Crippen LogP contribution in [0.5, 0.6) is 0 Å². The highest BCUT2D eigenvalue weighted by molar-refractivity contribution is 5.54. The number of hydrogen-bond donors (Lipinski definition) is 0. The smallest absolute Gasteiger partial charge is 0.0221 e. The van der Waals surface area contributed by atoms with E-state index in [1.165, 1.54) is 0 Å². The standard InChI is InChI=1S/C5H9N.C3H6/c1-3-5-6-4-2;1-3-2/h3-5H,1-2H3;3H,1H2,2H3/b5-3-,6-4?;. The Hall–Kier alpha value is -0.850. The molecule has 0 fully saturated rings. The molecular weight excluding hydrogens is 110 g/mol. The van der Waals surface area contributed by atoms with Gasteiger partial charge in [0.05, 0.1) is 0 Å². The van der Waals surface area contributed by atoms with Crippen molar-refractivity contribution in [3.05, 3.63) is 24.9 Å². The average molecular weight is 125 g/mol. The molecule has 0 aliphatic rings. The Kier molecular flexibility index (Phi) is 19.2. The third-order valence-electron chi connectivity index (χ3n) is 0.384. The molecule has 0 radical (unpaired) electrons. The van der Waals surface area contributed by atoms with Crippen molar-refractivity contribution in [3.8, 4) is 0 Å². The van der Waals surface area contributed by atoms with E-state index in [1.54, 1.807) is 18.5 Å². The van der Waals surface area contributed by atoms with Gasteiger partial charge in [0.1, 0.15) is 0 Å². The van der Waals surface area contributed by atoms with Gasteiger partial charge in [0.15, 0.2) is 0 Å². The Morgan fingerprint density at radius 1 is 1.22 bits per heavy atom. The first kappa shape index (κ1) is 11.0. The molecular formula is C8H15N. The minimum Gasteiger partial charge on any atom is -0.270 e. The summed E-state index contributed by atoms with van der Waals surface area (Å²) in [4.78, 5) is 3.78. The van der Waals surface area contributed by atoms with Crippen molar-refractivity contribution >= 4 is 6.21 Å². The largest absolute Gasteiger partial charge is 0.270 e. The minimum absolute atomic E-state index is 1.75. The molecule has 1 nitrogen and oxygen atoms in total. The van der Waals surface area contributed by atoms with Crippen molar-refractivity contribution in [2.75, 3.05) is 0 Å². The molecule has 0 saturated carbocycles. The number of nitrogens with zero attached hydrogens (tertiary/aromatic N) is 1. The van der Waals surface area contributed by atoms with Gasteiger partial charge >= 0.3 is 0 Å². The monoisotopic (exact) mass is 125 g/mol. The molecule has 9 heavy (non-hydrogen) atoms. The van der Waals surface area contributed by atoms with E-state index in [0.717, 1.165) is 0 Å². The lowest BCUT2D eigenvalue weighted by atomic mass is 10.7. The van der Waals surface area contributed by atoms with Crippen LogP contribution < -0.4 is 0 Å². The summed E-state index contributed by atoms with van der Waals surface area (Å²) in [6, 6.07) is 0. The lowest BCUT2D eigenvalue weighted by molar-refractivity contribution is 1.53. The Bertz CT molecular complexity index is 80.7. The molecule has 1 heteroatoms. The first-order chi connectivity index (χ1) is 4.33. The summed E-state index contributed by atoms with van der Waals surface area (Å²) in [5, 5.41) is 0. The highest BCUT2D eigenvalue weighted by Gasteiger charge is 1.48. The van der Waals surface area contributed by atoms with Gasteiger partial charge in [-0.1, -0.05) is 12.2 Å². The molecule has 0 spiro atoms. The van der Waals surface area contributed by atoms with Crippen molar-refractivity contribution in [3.63, 3.8) is 0 Å². The first-order valence-corrected chi connectivity index (χ1v) is 2.99. The van der Waals surface area contributed by atoms with E-state index in [0.29, 0.717) is 0 Å². The maximum Gasteiger partial charge on any atom is 0.0221 e. The lowest BCUT2D eigenvalue weighted by Gasteiger charge is -1.64. The number of allylic oxidation sites excluding steroid dienone is 2. The van der Waals surface area contributed by atoms with Gasteiger partial charge in [0.2, 0.25) is 0 Å². The van der Waals surface area contributed by atoms with Crippen molar-refractivity contribution in [1.29, 1.82) is 0 Å². The third-order valence-corrected chi connectivity index (χ3v) is 0.384. The Morgan fingerprint density at radius 2 is 1.67 bits per heavy atom. The minimum atomic E-state index is 1.75. The molecule has 0 N–H and O–H groups in total. The van der Waals surface area contributed by atoms with Crippen LogP contribution in [0.25, 0.3) is 0 Å². The highest BCUT2D eigenvalue weighted by atomic mass is 14.6. The topological polar surface area (TPSA) is 12.4 Å². The fourth-order valence-electron chi connectivity index (χ4n) is 0.172. The molecule has 0 atom stereocenters. The van der Waals surface area contributed by atoms with Gasteiger partial charge in [-0.05, 0) is 20.8 Å². The van der Waals surface area contributed by atoms with Gasteiger partial charge in [-0.25, -0.2) is 0 Å². The van der Waals surface area contributed by atoms with Crippen LogP contribution in [-0.4, -0.2) is 6.21 Å². The predicted molar refractivity (Wildman–Crippen MR) is 44.9 cm³/mol. The number of aliphatic imine (C=N–C) groups is 1. The van der Waals surface area contributed by atoms with E-state index >= 15 is 0 Å². The van der Waals surface area contributed by atoms with Crippen molar-refractivity contribution in [2.24, 2.45) is 4.99 Å². The van der Waals surface area contributed by atoms with Crippen LogP contribution in [-0.2, 0) is 0 Å². The summed E-state index contributed by atoms with van der Waals surface area (Å²) in [7, 11) is 0. The van der Waals surface area contributed by atoms with Crippen LogP contribution in [0.2, 0.25) is 0 Å². The van der Waals surface area contributed by atoms with Gasteiger partial charge in [0.25, 0.3) is 0 Å². The Labute approximate surface area is 57.8 Å². The first-order valence-electron chi connectivity index (χ1n) is 2.99. The summed E-state index contributed by atoms with van der Waals surface area (Å²) in [6.45, 7) is 9.08. The second-order valence-corrected chi connectivity index (χ2v) is 1.30. The molecule has 0 aromatic rings. The van der Waals surface area contributed by atoms with Crippen LogP contribution in [0.4, 0.5) is 0 Å². The van der Waals surface area contributed by atoms with Crippen molar-refractivity contribution in [1.82, 2.24) is 0 Å². The maximum atomic E-state index is 3.78. The molecule has 0 aliphatic heterocycles. The second-order valence-electron chi connectivity index (χ2n) is 1.30. The van der Waals surface area contributed by atoms with E-state index < -0.39 is 0 Å². The average Bonchev–Trinajstić information content (AvgIpc) is 1.86. The zero-order valence-corrected chi connectivity index (χ0v) is 6.46. The summed E-state index contributed by atoms with van der Waals surface area (Å²) < 4.78 is 0. The Morgan fingerprint density at radius 3 is 1.78 bits per heavy atom. The van der Waals surface area contributed by atoms with E-state index in [4.69, 9.17) is 0 Å². The molecule has 0 unspecified atom stereocenters. The molecule has 0 rings (SSSR count). The van der Waals surface area contributed by atoms with E-state index in [-0.39, 0.29) is 0 Å². The highest BCUT2D eigenvalue weighted by Crippen LogP contribution is 1.67. The van der Waals surface area contributed by atoms with Crippen LogP contribution in [0.15, 0.2) is 29.9 Å². The summed E-state index contributed by atoms with van der Waals surface area (Å²) >= 11 is 0. The zero-order chi connectivity index (χ0) is 7.54. The molecule has 0 aliphatic carbocycles. The third kappa shape index (κ3) is 41.0. The molecule has 0 aromatic carbocycles. The van der Waals surface area contributed by atoms with E-state index in [2.05, 4.69) is 11.6 Å². The maximum absolute atomic E-state index is 3.78.